The maximum atomic E-state index is 12.7. The Kier molecular flexibility index (Phi) is 4.00. The lowest BCUT2D eigenvalue weighted by molar-refractivity contribution is 0.415. The van der Waals surface area contributed by atoms with Crippen LogP contribution in [0.5, 0.6) is 5.75 Å². The standard InChI is InChI=1S/C17H12ClN3O2/c1-23-13-6-7-15-14(8-13)16(22)21(17(18)20-15)10-12-5-3-2-4-11(12)9-19/h2-8H,10H2,1H3. The first-order chi connectivity index (χ1) is 11.1. The van der Waals surface area contributed by atoms with Crippen molar-refractivity contribution in [2.45, 2.75) is 6.54 Å². The molecule has 6 heteroatoms. The van der Waals surface area contributed by atoms with Gasteiger partial charge in [0.25, 0.3) is 5.56 Å². The Morgan fingerprint density at radius 1 is 1.30 bits per heavy atom. The Morgan fingerprint density at radius 2 is 2.09 bits per heavy atom. The van der Waals surface area contributed by atoms with Gasteiger partial charge in [0.1, 0.15) is 5.75 Å². The summed E-state index contributed by atoms with van der Waals surface area (Å²) in [6.07, 6.45) is 0. The molecule has 0 aliphatic carbocycles. The second kappa shape index (κ2) is 6.11. The van der Waals surface area contributed by atoms with Crippen molar-refractivity contribution < 1.29 is 4.74 Å². The summed E-state index contributed by atoms with van der Waals surface area (Å²) >= 11 is 6.17. The van der Waals surface area contributed by atoms with E-state index in [1.54, 1.807) is 36.4 Å². The Balaban J connectivity index is 2.18. The number of hydrogen-bond donors (Lipinski definition) is 0. The molecule has 0 spiro atoms. The first-order valence-corrected chi connectivity index (χ1v) is 7.24. The predicted octanol–water partition coefficient (Wildman–Crippen LogP) is 2.98. The molecule has 0 bridgehead atoms. The zero-order valence-corrected chi connectivity index (χ0v) is 13.0. The van der Waals surface area contributed by atoms with Crippen LogP contribution in [-0.4, -0.2) is 16.7 Å². The number of rotatable bonds is 3. The van der Waals surface area contributed by atoms with Crippen molar-refractivity contribution in [1.82, 2.24) is 9.55 Å². The first-order valence-electron chi connectivity index (χ1n) is 6.86. The van der Waals surface area contributed by atoms with E-state index in [1.165, 1.54) is 11.7 Å². The molecule has 1 heterocycles. The number of methoxy groups -OCH3 is 1. The van der Waals surface area contributed by atoms with Gasteiger partial charge in [-0.15, -0.1) is 0 Å². The van der Waals surface area contributed by atoms with Crippen molar-refractivity contribution in [1.29, 1.82) is 5.26 Å². The van der Waals surface area contributed by atoms with Gasteiger partial charge in [-0.25, -0.2) is 4.98 Å². The molecule has 23 heavy (non-hydrogen) atoms. The van der Waals surface area contributed by atoms with Crippen molar-refractivity contribution >= 4 is 22.5 Å². The number of benzene rings is 2. The normalized spacial score (nSPS) is 10.5. The van der Waals surface area contributed by atoms with Crippen molar-refractivity contribution in [3.05, 3.63) is 69.2 Å². The minimum atomic E-state index is -0.272. The van der Waals surface area contributed by atoms with Crippen molar-refractivity contribution in [2.24, 2.45) is 0 Å². The van der Waals surface area contributed by atoms with Crippen LogP contribution in [0.25, 0.3) is 10.9 Å². The maximum absolute atomic E-state index is 12.7. The highest BCUT2D eigenvalue weighted by Gasteiger charge is 2.12. The molecule has 3 aromatic rings. The fourth-order valence-corrected chi connectivity index (χ4v) is 2.60. The fourth-order valence-electron chi connectivity index (χ4n) is 2.37. The summed E-state index contributed by atoms with van der Waals surface area (Å²) in [7, 11) is 1.53. The van der Waals surface area contributed by atoms with Gasteiger partial charge in [-0.1, -0.05) is 18.2 Å². The van der Waals surface area contributed by atoms with Gasteiger partial charge in [0.05, 0.1) is 36.2 Å². The van der Waals surface area contributed by atoms with Crippen molar-refractivity contribution in [3.8, 4) is 11.8 Å². The predicted molar refractivity (Wildman–Crippen MR) is 87.8 cm³/mol. The van der Waals surface area contributed by atoms with Crippen LogP contribution in [0.3, 0.4) is 0 Å². The summed E-state index contributed by atoms with van der Waals surface area (Å²) in [6, 6.07) is 14.2. The van der Waals surface area contributed by atoms with E-state index in [2.05, 4.69) is 11.1 Å². The third kappa shape index (κ3) is 2.77. The highest BCUT2D eigenvalue weighted by Crippen LogP contribution is 2.19. The molecule has 114 valence electrons. The Hall–Kier alpha value is -2.84. The van der Waals surface area contributed by atoms with Crippen LogP contribution in [0.4, 0.5) is 0 Å². The van der Waals surface area contributed by atoms with E-state index in [9.17, 15) is 10.1 Å². The summed E-state index contributed by atoms with van der Waals surface area (Å²) in [5, 5.41) is 9.68. The van der Waals surface area contributed by atoms with Gasteiger partial charge >= 0.3 is 0 Å². The molecule has 0 unspecified atom stereocenters. The van der Waals surface area contributed by atoms with Crippen LogP contribution in [0.2, 0.25) is 5.28 Å². The molecule has 1 aromatic heterocycles. The van der Waals surface area contributed by atoms with Crippen molar-refractivity contribution in [2.75, 3.05) is 7.11 Å². The highest BCUT2D eigenvalue weighted by atomic mass is 35.5. The number of nitrogens with zero attached hydrogens (tertiary/aromatic N) is 3. The minimum absolute atomic E-state index is 0.0837. The van der Waals surface area contributed by atoms with E-state index >= 15 is 0 Å². The second-order valence-corrected chi connectivity index (χ2v) is 5.26. The quantitative estimate of drug-likeness (QED) is 0.694. The van der Waals surface area contributed by atoms with Gasteiger partial charge in [-0.05, 0) is 41.4 Å². The van der Waals surface area contributed by atoms with E-state index in [0.717, 1.165) is 0 Å². The third-order valence-electron chi connectivity index (χ3n) is 3.58. The Labute approximate surface area is 137 Å². The first kappa shape index (κ1) is 15.1. The Bertz CT molecular complexity index is 989. The van der Waals surface area contributed by atoms with Crippen LogP contribution in [0.15, 0.2) is 47.3 Å². The maximum Gasteiger partial charge on any atom is 0.262 e. The van der Waals surface area contributed by atoms with Gasteiger partial charge in [-0.2, -0.15) is 5.26 Å². The average Bonchev–Trinajstić information content (AvgIpc) is 2.58. The zero-order valence-electron chi connectivity index (χ0n) is 12.3. The molecule has 0 fully saturated rings. The van der Waals surface area contributed by atoms with E-state index in [1.807, 2.05) is 6.07 Å². The van der Waals surface area contributed by atoms with Crippen LogP contribution in [0.1, 0.15) is 11.1 Å². The van der Waals surface area contributed by atoms with Crippen LogP contribution >= 0.6 is 11.6 Å². The van der Waals surface area contributed by atoms with Gasteiger partial charge in [-0.3, -0.25) is 9.36 Å². The van der Waals surface area contributed by atoms with Crippen LogP contribution in [-0.2, 0) is 6.54 Å². The van der Waals surface area contributed by atoms with E-state index in [0.29, 0.717) is 27.8 Å². The molecule has 2 aromatic carbocycles. The lowest BCUT2D eigenvalue weighted by Crippen LogP contribution is -2.23. The summed E-state index contributed by atoms with van der Waals surface area (Å²) in [5.74, 6) is 0.572. The smallest absolute Gasteiger partial charge is 0.262 e. The lowest BCUT2D eigenvalue weighted by atomic mass is 10.1. The molecule has 0 aliphatic rings. The molecule has 0 N–H and O–H groups in total. The monoisotopic (exact) mass is 325 g/mol. The number of aromatic nitrogens is 2. The van der Waals surface area contributed by atoms with Gasteiger partial charge in [0.2, 0.25) is 5.28 Å². The average molecular weight is 326 g/mol. The second-order valence-electron chi connectivity index (χ2n) is 4.92. The van der Waals surface area contributed by atoms with Gasteiger partial charge < -0.3 is 4.74 Å². The summed E-state index contributed by atoms with van der Waals surface area (Å²) < 4.78 is 6.50. The van der Waals surface area contributed by atoms with Gasteiger partial charge in [0, 0.05) is 0 Å². The minimum Gasteiger partial charge on any atom is -0.497 e. The highest BCUT2D eigenvalue weighted by molar-refractivity contribution is 6.28. The Morgan fingerprint density at radius 3 is 2.83 bits per heavy atom. The molecular formula is C17H12ClN3O2. The van der Waals surface area contributed by atoms with Crippen LogP contribution < -0.4 is 10.3 Å². The molecule has 0 saturated heterocycles. The molecule has 3 rings (SSSR count). The zero-order chi connectivity index (χ0) is 16.4. The fraction of sp³-hybridized carbons (Fsp3) is 0.118. The molecule has 0 radical (unpaired) electrons. The van der Waals surface area contributed by atoms with Gasteiger partial charge in [0.15, 0.2) is 0 Å². The molecule has 0 atom stereocenters. The third-order valence-corrected chi connectivity index (χ3v) is 3.87. The van der Waals surface area contributed by atoms with E-state index in [-0.39, 0.29) is 17.4 Å². The number of halogens is 1. The molecular weight excluding hydrogens is 314 g/mol. The molecule has 0 aliphatic heterocycles. The summed E-state index contributed by atoms with van der Waals surface area (Å²) in [6.45, 7) is 0.182. The number of fused-ring (bicyclic) bond motifs is 1. The van der Waals surface area contributed by atoms with Crippen molar-refractivity contribution in [3.63, 3.8) is 0 Å². The number of nitriles is 1. The SMILES string of the molecule is COc1ccc2nc(Cl)n(Cc3ccccc3C#N)c(=O)c2c1. The summed E-state index contributed by atoms with van der Waals surface area (Å²) in [4.78, 5) is 17.0. The molecule has 0 saturated carbocycles. The van der Waals surface area contributed by atoms with E-state index in [4.69, 9.17) is 16.3 Å². The lowest BCUT2D eigenvalue weighted by Gasteiger charge is -2.11. The molecule has 5 nitrogen and oxygen atoms in total. The number of hydrogen-bond acceptors (Lipinski definition) is 4. The van der Waals surface area contributed by atoms with Crippen LogP contribution in [0, 0.1) is 11.3 Å². The topological polar surface area (TPSA) is 67.9 Å². The largest absolute Gasteiger partial charge is 0.497 e. The van der Waals surface area contributed by atoms with E-state index < -0.39 is 0 Å². The number of ether oxygens (including phenoxy) is 1. The molecule has 0 amide bonds. The summed E-state index contributed by atoms with van der Waals surface area (Å²) in [5.41, 5.74) is 1.45.